The highest BCUT2D eigenvalue weighted by atomic mass is 32.2. The Kier molecular flexibility index (Phi) is 5.46. The van der Waals surface area contributed by atoms with Gasteiger partial charge in [0.25, 0.3) is 5.56 Å². The van der Waals surface area contributed by atoms with E-state index in [1.54, 1.807) is 6.92 Å². The lowest BCUT2D eigenvalue weighted by Gasteiger charge is -2.05. The van der Waals surface area contributed by atoms with Gasteiger partial charge >= 0.3 is 5.97 Å². The fourth-order valence-electron chi connectivity index (χ4n) is 1.27. The Morgan fingerprint density at radius 3 is 2.83 bits per heavy atom. The van der Waals surface area contributed by atoms with Crippen molar-refractivity contribution in [2.75, 3.05) is 12.4 Å². The van der Waals surface area contributed by atoms with E-state index in [1.807, 2.05) is 13.0 Å². The van der Waals surface area contributed by atoms with Gasteiger partial charge in [0.15, 0.2) is 0 Å². The second-order valence-electron chi connectivity index (χ2n) is 3.44. The van der Waals surface area contributed by atoms with Crippen LogP contribution in [0.3, 0.4) is 0 Å². The summed E-state index contributed by atoms with van der Waals surface area (Å²) in [4.78, 5) is 25.8. The van der Waals surface area contributed by atoms with Crippen molar-refractivity contribution in [3.63, 3.8) is 0 Å². The molecule has 0 fully saturated rings. The molecule has 1 N–H and O–H groups in total. The first-order valence-corrected chi connectivity index (χ1v) is 6.59. The number of thioether (sulfide) groups is 1. The van der Waals surface area contributed by atoms with Crippen LogP contribution in [0.5, 0.6) is 0 Å². The van der Waals surface area contributed by atoms with Crippen LogP contribution in [-0.4, -0.2) is 23.3 Å². The van der Waals surface area contributed by atoms with Gasteiger partial charge in [-0.3, -0.25) is 4.79 Å². The molecule has 0 atom stereocenters. The summed E-state index contributed by atoms with van der Waals surface area (Å²) in [5.74, 6) is 0.0888. The van der Waals surface area contributed by atoms with Crippen molar-refractivity contribution in [3.8, 4) is 6.07 Å². The van der Waals surface area contributed by atoms with Crippen LogP contribution < -0.4 is 5.56 Å². The normalized spacial score (nSPS) is 9.83. The molecule has 1 rings (SSSR count). The zero-order chi connectivity index (χ0) is 13.5. The standard InChI is InChI=1S/C12H14N2O3S/c1-3-5-18-11-8(7-13)6-9(10(15)14-11)12(16)17-4-2/h6H,3-5H2,1-2H3,(H,14,15). The highest BCUT2D eigenvalue weighted by Crippen LogP contribution is 2.19. The molecule has 0 aromatic carbocycles. The molecule has 1 heterocycles. The molecule has 0 spiro atoms. The minimum atomic E-state index is -0.706. The Morgan fingerprint density at radius 2 is 2.28 bits per heavy atom. The largest absolute Gasteiger partial charge is 0.462 e. The van der Waals surface area contributed by atoms with Gasteiger partial charge in [0.1, 0.15) is 11.6 Å². The Bertz CT molecular complexity index is 531. The van der Waals surface area contributed by atoms with Crippen molar-refractivity contribution in [1.29, 1.82) is 5.26 Å². The number of rotatable bonds is 5. The molecule has 96 valence electrons. The van der Waals surface area contributed by atoms with Gasteiger partial charge in [0.05, 0.1) is 17.2 Å². The monoisotopic (exact) mass is 266 g/mol. The van der Waals surface area contributed by atoms with Crippen LogP contribution in [0.4, 0.5) is 0 Å². The van der Waals surface area contributed by atoms with Crippen molar-refractivity contribution in [1.82, 2.24) is 4.98 Å². The zero-order valence-electron chi connectivity index (χ0n) is 10.3. The number of hydrogen-bond acceptors (Lipinski definition) is 5. The number of ether oxygens (including phenoxy) is 1. The van der Waals surface area contributed by atoms with E-state index in [0.29, 0.717) is 5.03 Å². The minimum Gasteiger partial charge on any atom is -0.462 e. The van der Waals surface area contributed by atoms with Crippen LogP contribution in [0, 0.1) is 11.3 Å². The first-order valence-electron chi connectivity index (χ1n) is 5.61. The van der Waals surface area contributed by atoms with E-state index < -0.39 is 11.5 Å². The average molecular weight is 266 g/mol. The molecule has 6 heteroatoms. The third-order valence-corrected chi connectivity index (χ3v) is 3.29. The molecule has 0 aliphatic heterocycles. The number of nitrogens with one attached hydrogen (secondary N) is 1. The van der Waals surface area contributed by atoms with Crippen LogP contribution >= 0.6 is 11.8 Å². The number of nitrogens with zero attached hydrogens (tertiary/aromatic N) is 1. The Labute approximate surface area is 109 Å². The molecule has 1 aromatic heterocycles. The molecule has 0 saturated heterocycles. The Balaban J connectivity index is 3.15. The third-order valence-electron chi connectivity index (χ3n) is 2.07. The predicted octanol–water partition coefficient (Wildman–Crippen LogP) is 1.93. The number of aromatic amines is 1. The first kappa shape index (κ1) is 14.3. The number of pyridine rings is 1. The van der Waals surface area contributed by atoms with E-state index in [-0.39, 0.29) is 17.7 Å². The van der Waals surface area contributed by atoms with Gasteiger partial charge in [-0.2, -0.15) is 5.26 Å². The molecule has 5 nitrogen and oxygen atoms in total. The molecule has 0 bridgehead atoms. The summed E-state index contributed by atoms with van der Waals surface area (Å²) in [7, 11) is 0. The van der Waals surface area contributed by atoms with Crippen molar-refractivity contribution in [3.05, 3.63) is 27.5 Å². The average Bonchev–Trinajstić information content (AvgIpc) is 2.36. The van der Waals surface area contributed by atoms with E-state index in [2.05, 4.69) is 4.98 Å². The number of nitriles is 1. The minimum absolute atomic E-state index is 0.130. The van der Waals surface area contributed by atoms with Crippen molar-refractivity contribution in [2.45, 2.75) is 25.3 Å². The summed E-state index contributed by atoms with van der Waals surface area (Å²) in [5.41, 5.74) is -0.364. The maximum atomic E-state index is 11.7. The molecule has 0 unspecified atom stereocenters. The van der Waals surface area contributed by atoms with Crippen LogP contribution in [0.15, 0.2) is 15.9 Å². The van der Waals surface area contributed by atoms with Crippen LogP contribution in [-0.2, 0) is 4.74 Å². The maximum absolute atomic E-state index is 11.7. The number of H-pyrrole nitrogens is 1. The van der Waals surface area contributed by atoms with E-state index >= 15 is 0 Å². The highest BCUT2D eigenvalue weighted by Gasteiger charge is 2.15. The van der Waals surface area contributed by atoms with Crippen LogP contribution in [0.2, 0.25) is 0 Å². The zero-order valence-corrected chi connectivity index (χ0v) is 11.1. The van der Waals surface area contributed by atoms with Gasteiger partial charge in [0, 0.05) is 0 Å². The van der Waals surface area contributed by atoms with Crippen molar-refractivity contribution >= 4 is 17.7 Å². The van der Waals surface area contributed by atoms with E-state index in [9.17, 15) is 9.59 Å². The summed E-state index contributed by atoms with van der Waals surface area (Å²) in [6.45, 7) is 3.85. The molecule has 18 heavy (non-hydrogen) atoms. The van der Waals surface area contributed by atoms with Gasteiger partial charge in [0.2, 0.25) is 0 Å². The fraction of sp³-hybridized carbons (Fsp3) is 0.417. The SMILES string of the molecule is CCCSc1[nH]c(=O)c(C(=O)OCC)cc1C#N. The second-order valence-corrected chi connectivity index (χ2v) is 4.54. The molecule has 1 aromatic rings. The molecular weight excluding hydrogens is 252 g/mol. The molecule has 0 aliphatic carbocycles. The van der Waals surface area contributed by atoms with Gasteiger partial charge in [-0.15, -0.1) is 11.8 Å². The number of esters is 1. The second kappa shape index (κ2) is 6.87. The number of hydrogen-bond donors (Lipinski definition) is 1. The highest BCUT2D eigenvalue weighted by molar-refractivity contribution is 7.99. The summed E-state index contributed by atoms with van der Waals surface area (Å²) >= 11 is 1.39. The van der Waals surface area contributed by atoms with Crippen molar-refractivity contribution in [2.24, 2.45) is 0 Å². The summed E-state index contributed by atoms with van der Waals surface area (Å²) in [5, 5.41) is 9.50. The van der Waals surface area contributed by atoms with Gasteiger partial charge in [-0.25, -0.2) is 4.79 Å². The molecule has 0 aliphatic rings. The number of carbonyl (C=O) groups is 1. The molecular formula is C12H14N2O3S. The van der Waals surface area contributed by atoms with Gasteiger partial charge in [-0.1, -0.05) is 6.92 Å². The Morgan fingerprint density at radius 1 is 1.56 bits per heavy atom. The van der Waals surface area contributed by atoms with Crippen LogP contribution in [0.1, 0.15) is 36.2 Å². The molecule has 0 saturated carbocycles. The summed E-state index contributed by atoms with van der Waals surface area (Å²) in [6.07, 6.45) is 0.928. The van der Waals surface area contributed by atoms with Gasteiger partial charge in [-0.05, 0) is 25.2 Å². The Hall–Kier alpha value is -1.74. The van der Waals surface area contributed by atoms with Gasteiger partial charge < -0.3 is 9.72 Å². The lowest BCUT2D eigenvalue weighted by atomic mass is 10.2. The topological polar surface area (TPSA) is 82.9 Å². The van der Waals surface area contributed by atoms with E-state index in [1.165, 1.54) is 17.8 Å². The first-order chi connectivity index (χ1) is 8.63. The lowest BCUT2D eigenvalue weighted by molar-refractivity contribution is 0.0524. The third kappa shape index (κ3) is 3.37. The summed E-state index contributed by atoms with van der Waals surface area (Å²) in [6, 6.07) is 3.26. The summed E-state index contributed by atoms with van der Waals surface area (Å²) < 4.78 is 4.75. The fourth-order valence-corrected chi connectivity index (χ4v) is 2.11. The number of aromatic nitrogens is 1. The van der Waals surface area contributed by atoms with E-state index in [4.69, 9.17) is 10.00 Å². The lowest BCUT2D eigenvalue weighted by Crippen LogP contribution is -2.20. The van der Waals surface area contributed by atoms with Crippen LogP contribution in [0.25, 0.3) is 0 Å². The van der Waals surface area contributed by atoms with E-state index in [0.717, 1.165) is 12.2 Å². The predicted molar refractivity (Wildman–Crippen MR) is 68.7 cm³/mol. The maximum Gasteiger partial charge on any atom is 0.343 e. The molecule has 0 amide bonds. The quantitative estimate of drug-likeness (QED) is 0.650. The number of carbonyl (C=O) groups excluding carboxylic acids is 1. The molecule has 0 radical (unpaired) electrons. The smallest absolute Gasteiger partial charge is 0.343 e. The van der Waals surface area contributed by atoms with Crippen molar-refractivity contribution < 1.29 is 9.53 Å².